The summed E-state index contributed by atoms with van der Waals surface area (Å²) in [6, 6.07) is 15.3. The highest BCUT2D eigenvalue weighted by molar-refractivity contribution is 6.61. The van der Waals surface area contributed by atoms with Crippen LogP contribution in [0.5, 0.6) is 5.88 Å². The van der Waals surface area contributed by atoms with Crippen LogP contribution in [0.2, 0.25) is 0 Å². The van der Waals surface area contributed by atoms with Crippen LogP contribution in [-0.2, 0) is 13.0 Å². The molecule has 1 aliphatic rings. The summed E-state index contributed by atoms with van der Waals surface area (Å²) in [5.74, 6) is 1.63. The molecule has 0 fully saturated rings. The molecule has 144 valence electrons. The Kier molecular flexibility index (Phi) is 4.38. The summed E-state index contributed by atoms with van der Waals surface area (Å²) in [6.07, 6.45) is 2.33. The van der Waals surface area contributed by atoms with Gasteiger partial charge < -0.3 is 20.1 Å². The van der Waals surface area contributed by atoms with Gasteiger partial charge in [0.15, 0.2) is 0 Å². The van der Waals surface area contributed by atoms with E-state index in [1.54, 1.807) is 23.0 Å². The molecule has 9 heteroatoms. The quantitative estimate of drug-likeness (QED) is 0.440. The summed E-state index contributed by atoms with van der Waals surface area (Å²) >= 11 is 0. The van der Waals surface area contributed by atoms with Gasteiger partial charge >= 0.3 is 7.12 Å². The molecule has 29 heavy (non-hydrogen) atoms. The van der Waals surface area contributed by atoms with Gasteiger partial charge in [-0.3, -0.25) is 0 Å². The van der Waals surface area contributed by atoms with Crippen LogP contribution in [0.3, 0.4) is 0 Å². The molecule has 0 amide bonds. The van der Waals surface area contributed by atoms with Crippen molar-refractivity contribution in [1.82, 2.24) is 19.7 Å². The van der Waals surface area contributed by atoms with Crippen molar-refractivity contribution in [3.63, 3.8) is 0 Å². The van der Waals surface area contributed by atoms with Gasteiger partial charge in [-0.25, -0.2) is 0 Å². The number of nitrogens with one attached hydrogen (secondary N) is 1. The van der Waals surface area contributed by atoms with Crippen molar-refractivity contribution in [3.05, 3.63) is 65.9 Å². The second-order valence-corrected chi connectivity index (χ2v) is 6.80. The first-order chi connectivity index (χ1) is 14.2. The number of anilines is 1. The molecule has 2 aromatic heterocycles. The SMILES string of the molecule is OB(O)c1cccc2c1cnn2-c1nc(NCc2ccccc2)c2c(n1)OCC2. The fourth-order valence-electron chi connectivity index (χ4n) is 3.53. The summed E-state index contributed by atoms with van der Waals surface area (Å²) in [5, 5.41) is 27.6. The third-order valence-corrected chi connectivity index (χ3v) is 4.97. The zero-order valence-electron chi connectivity index (χ0n) is 15.5. The molecule has 1 aliphatic heterocycles. The number of aromatic nitrogens is 4. The maximum atomic E-state index is 9.61. The van der Waals surface area contributed by atoms with Crippen LogP contribution in [0.4, 0.5) is 5.82 Å². The molecule has 5 rings (SSSR count). The minimum absolute atomic E-state index is 0.362. The number of ether oxygens (including phenoxy) is 1. The normalized spacial score (nSPS) is 12.6. The fourth-order valence-corrected chi connectivity index (χ4v) is 3.53. The van der Waals surface area contributed by atoms with Crippen molar-refractivity contribution < 1.29 is 14.8 Å². The van der Waals surface area contributed by atoms with E-state index in [2.05, 4.69) is 27.5 Å². The predicted octanol–water partition coefficient (Wildman–Crippen LogP) is 1.04. The van der Waals surface area contributed by atoms with Crippen LogP contribution in [0.15, 0.2) is 54.7 Å². The number of fused-ring (bicyclic) bond motifs is 2. The lowest BCUT2D eigenvalue weighted by Gasteiger charge is -2.12. The number of hydrogen-bond acceptors (Lipinski definition) is 7. The number of benzene rings is 2. The number of nitrogens with zero attached hydrogens (tertiary/aromatic N) is 4. The Morgan fingerprint density at radius 3 is 2.76 bits per heavy atom. The minimum atomic E-state index is -1.58. The smallest absolute Gasteiger partial charge is 0.477 e. The van der Waals surface area contributed by atoms with E-state index in [1.165, 1.54) is 0 Å². The highest BCUT2D eigenvalue weighted by atomic mass is 16.5. The van der Waals surface area contributed by atoms with Crippen molar-refractivity contribution in [3.8, 4) is 11.8 Å². The summed E-state index contributed by atoms with van der Waals surface area (Å²) < 4.78 is 7.27. The number of rotatable bonds is 5. The molecule has 8 nitrogen and oxygen atoms in total. The predicted molar refractivity (Wildman–Crippen MR) is 109 cm³/mol. The van der Waals surface area contributed by atoms with E-state index < -0.39 is 7.12 Å². The topological polar surface area (TPSA) is 105 Å². The Labute approximate surface area is 167 Å². The summed E-state index contributed by atoms with van der Waals surface area (Å²) in [5.41, 5.74) is 3.16. The molecule has 3 N–H and O–H groups in total. The molecule has 0 saturated carbocycles. The second-order valence-electron chi connectivity index (χ2n) is 6.80. The highest BCUT2D eigenvalue weighted by Gasteiger charge is 2.23. The molecular formula is C20H18BN5O3. The average Bonchev–Trinajstić information content (AvgIpc) is 3.39. The van der Waals surface area contributed by atoms with Crippen molar-refractivity contribution in [2.45, 2.75) is 13.0 Å². The first-order valence-electron chi connectivity index (χ1n) is 9.35. The largest absolute Gasteiger partial charge is 0.489 e. The van der Waals surface area contributed by atoms with Crippen molar-refractivity contribution in [2.24, 2.45) is 0 Å². The zero-order valence-corrected chi connectivity index (χ0v) is 15.5. The van der Waals surface area contributed by atoms with Crippen molar-refractivity contribution >= 4 is 29.3 Å². The van der Waals surface area contributed by atoms with Crippen LogP contribution < -0.4 is 15.5 Å². The lowest BCUT2D eigenvalue weighted by atomic mass is 9.78. The van der Waals surface area contributed by atoms with E-state index in [9.17, 15) is 10.0 Å². The van der Waals surface area contributed by atoms with E-state index in [1.807, 2.05) is 24.3 Å². The number of hydrogen-bond donors (Lipinski definition) is 3. The monoisotopic (exact) mass is 387 g/mol. The maximum absolute atomic E-state index is 9.61. The molecule has 0 aliphatic carbocycles. The molecule has 4 aromatic rings. The molecule has 0 atom stereocenters. The van der Waals surface area contributed by atoms with Crippen LogP contribution in [-0.4, -0.2) is 43.5 Å². The van der Waals surface area contributed by atoms with Gasteiger partial charge in [0.05, 0.1) is 23.9 Å². The lowest BCUT2D eigenvalue weighted by Crippen LogP contribution is -2.30. The standard InChI is InChI=1S/C20H18BN5O3/c27-21(28)16-7-4-8-17-15(16)12-23-26(17)20-24-18(14-9-10-29-19(14)25-20)22-11-13-5-2-1-3-6-13/h1-8,12,27-28H,9-11H2,(H,22,24,25). The Balaban J connectivity index is 1.56. The van der Waals surface area contributed by atoms with Gasteiger partial charge in [0.1, 0.15) is 5.82 Å². The van der Waals surface area contributed by atoms with E-state index >= 15 is 0 Å². The third kappa shape index (κ3) is 3.20. The van der Waals surface area contributed by atoms with Crippen LogP contribution in [0.25, 0.3) is 16.9 Å². The zero-order chi connectivity index (χ0) is 19.8. The Morgan fingerprint density at radius 1 is 1.07 bits per heavy atom. The molecular weight excluding hydrogens is 369 g/mol. The molecule has 3 heterocycles. The maximum Gasteiger partial charge on any atom is 0.489 e. The van der Waals surface area contributed by atoms with Gasteiger partial charge in [-0.15, -0.1) is 0 Å². The van der Waals surface area contributed by atoms with Crippen LogP contribution in [0, 0.1) is 0 Å². The molecule has 0 unspecified atom stereocenters. The summed E-state index contributed by atoms with van der Waals surface area (Å²) in [6.45, 7) is 1.19. The molecule has 0 radical (unpaired) electrons. The molecule has 0 saturated heterocycles. The van der Waals surface area contributed by atoms with Crippen molar-refractivity contribution in [2.75, 3.05) is 11.9 Å². The Morgan fingerprint density at radius 2 is 1.93 bits per heavy atom. The van der Waals surface area contributed by atoms with E-state index in [0.29, 0.717) is 47.2 Å². The first kappa shape index (κ1) is 17.7. The van der Waals surface area contributed by atoms with E-state index in [0.717, 1.165) is 17.5 Å². The van der Waals surface area contributed by atoms with Crippen LogP contribution >= 0.6 is 0 Å². The van der Waals surface area contributed by atoms with Gasteiger partial charge in [-0.05, 0) is 17.1 Å². The van der Waals surface area contributed by atoms with E-state index in [-0.39, 0.29) is 0 Å². The van der Waals surface area contributed by atoms with Gasteiger partial charge in [-0.2, -0.15) is 19.7 Å². The Bertz CT molecular complexity index is 1180. The van der Waals surface area contributed by atoms with Gasteiger partial charge in [0, 0.05) is 18.4 Å². The molecule has 0 bridgehead atoms. The highest BCUT2D eigenvalue weighted by Crippen LogP contribution is 2.30. The second kappa shape index (κ2) is 7.19. The minimum Gasteiger partial charge on any atom is -0.477 e. The summed E-state index contributed by atoms with van der Waals surface area (Å²) in [7, 11) is -1.58. The average molecular weight is 387 g/mol. The fraction of sp³-hybridized carbons (Fsp3) is 0.150. The molecule has 0 spiro atoms. The van der Waals surface area contributed by atoms with Crippen LogP contribution in [0.1, 0.15) is 11.1 Å². The van der Waals surface area contributed by atoms with Gasteiger partial charge in [0.2, 0.25) is 5.88 Å². The first-order valence-corrected chi connectivity index (χ1v) is 9.35. The van der Waals surface area contributed by atoms with E-state index in [4.69, 9.17) is 9.72 Å². The Hall–Kier alpha value is -3.43. The third-order valence-electron chi connectivity index (χ3n) is 4.97. The molecule has 2 aromatic carbocycles. The van der Waals surface area contributed by atoms with Crippen molar-refractivity contribution in [1.29, 1.82) is 0 Å². The lowest BCUT2D eigenvalue weighted by molar-refractivity contribution is 0.344. The van der Waals surface area contributed by atoms with Gasteiger partial charge in [0.25, 0.3) is 5.95 Å². The van der Waals surface area contributed by atoms with Gasteiger partial charge in [-0.1, -0.05) is 42.5 Å². The summed E-state index contributed by atoms with van der Waals surface area (Å²) in [4.78, 5) is 9.24.